The molecule has 0 aromatic heterocycles. The van der Waals surface area contributed by atoms with Crippen LogP contribution >= 0.6 is 0 Å². The highest BCUT2D eigenvalue weighted by Gasteiger charge is 2.34. The molecule has 5 nitrogen and oxygen atoms in total. The van der Waals surface area contributed by atoms with E-state index < -0.39 is 0 Å². The first-order chi connectivity index (χ1) is 9.75. The predicted molar refractivity (Wildman–Crippen MR) is 73.3 cm³/mol. The first-order valence-electron chi connectivity index (χ1n) is 7.01. The maximum absolute atomic E-state index is 12.3. The van der Waals surface area contributed by atoms with Crippen LogP contribution in [0.4, 0.5) is 0 Å². The number of nitrogens with zero attached hydrogens (tertiary/aromatic N) is 2. The average Bonchev–Trinajstić information content (AvgIpc) is 2.94. The second-order valence-corrected chi connectivity index (χ2v) is 5.17. The number of amides is 1. The van der Waals surface area contributed by atoms with Crippen molar-refractivity contribution in [1.82, 2.24) is 9.80 Å². The van der Waals surface area contributed by atoms with Crippen molar-refractivity contribution in [3.05, 3.63) is 35.9 Å². The number of ether oxygens (including phenoxy) is 1. The Bertz CT molecular complexity index is 495. The number of benzene rings is 1. The van der Waals surface area contributed by atoms with Gasteiger partial charge in [0.2, 0.25) is 0 Å². The molecule has 0 spiro atoms. The highest BCUT2D eigenvalue weighted by molar-refractivity contribution is 5.94. The zero-order chi connectivity index (χ0) is 13.9. The maximum atomic E-state index is 12.3. The summed E-state index contributed by atoms with van der Waals surface area (Å²) < 4.78 is 5.00. The number of carbonyl (C=O) groups is 2. The van der Waals surface area contributed by atoms with E-state index in [0.29, 0.717) is 19.7 Å². The van der Waals surface area contributed by atoms with Gasteiger partial charge in [-0.05, 0) is 12.1 Å². The van der Waals surface area contributed by atoms with E-state index in [2.05, 4.69) is 4.90 Å². The van der Waals surface area contributed by atoms with Gasteiger partial charge in [-0.1, -0.05) is 18.2 Å². The monoisotopic (exact) mass is 274 g/mol. The Kier molecular flexibility index (Phi) is 3.69. The molecule has 2 aliphatic heterocycles. The van der Waals surface area contributed by atoms with E-state index in [1.165, 1.54) is 0 Å². The highest BCUT2D eigenvalue weighted by atomic mass is 16.5. The van der Waals surface area contributed by atoms with E-state index >= 15 is 0 Å². The number of rotatable bonds is 2. The van der Waals surface area contributed by atoms with Gasteiger partial charge in [-0.15, -0.1) is 0 Å². The zero-order valence-corrected chi connectivity index (χ0v) is 11.3. The van der Waals surface area contributed by atoms with Crippen LogP contribution in [0.3, 0.4) is 0 Å². The lowest BCUT2D eigenvalue weighted by Gasteiger charge is -2.36. The average molecular weight is 274 g/mol. The van der Waals surface area contributed by atoms with Crippen LogP contribution in [-0.2, 0) is 9.53 Å². The summed E-state index contributed by atoms with van der Waals surface area (Å²) in [6.45, 7) is 3.32. The van der Waals surface area contributed by atoms with Gasteiger partial charge >= 0.3 is 5.97 Å². The molecule has 0 N–H and O–H groups in total. The summed E-state index contributed by atoms with van der Waals surface area (Å²) in [5, 5.41) is 0. The molecule has 0 bridgehead atoms. The van der Waals surface area contributed by atoms with Crippen LogP contribution in [0.25, 0.3) is 0 Å². The third-order valence-electron chi connectivity index (χ3n) is 3.97. The Balaban J connectivity index is 1.58. The minimum absolute atomic E-state index is 0.0687. The molecule has 0 radical (unpaired) electrons. The number of esters is 1. The molecule has 2 fully saturated rings. The third-order valence-corrected chi connectivity index (χ3v) is 3.97. The largest absolute Gasteiger partial charge is 0.464 e. The van der Waals surface area contributed by atoms with Crippen molar-refractivity contribution < 1.29 is 14.3 Å². The van der Waals surface area contributed by atoms with Crippen LogP contribution in [0, 0.1) is 0 Å². The molecule has 1 aromatic rings. The van der Waals surface area contributed by atoms with Crippen molar-refractivity contribution in [2.24, 2.45) is 0 Å². The topological polar surface area (TPSA) is 49.9 Å². The Hall–Kier alpha value is -1.88. The Morgan fingerprint density at radius 1 is 1.10 bits per heavy atom. The van der Waals surface area contributed by atoms with E-state index in [-0.39, 0.29) is 17.9 Å². The van der Waals surface area contributed by atoms with E-state index in [1.807, 2.05) is 35.2 Å². The fourth-order valence-corrected chi connectivity index (χ4v) is 2.82. The van der Waals surface area contributed by atoms with Gasteiger partial charge in [0.25, 0.3) is 5.91 Å². The van der Waals surface area contributed by atoms with Gasteiger partial charge in [-0.2, -0.15) is 0 Å². The second kappa shape index (κ2) is 5.63. The number of carbonyl (C=O) groups excluding carboxylic acids is 2. The molecule has 2 aliphatic rings. The van der Waals surface area contributed by atoms with Crippen molar-refractivity contribution in [2.45, 2.75) is 12.5 Å². The number of hydrogen-bond donors (Lipinski definition) is 0. The number of hydrogen-bond acceptors (Lipinski definition) is 4. The molecular formula is C15H18N2O3. The highest BCUT2D eigenvalue weighted by Crippen LogP contribution is 2.17. The van der Waals surface area contributed by atoms with Gasteiger partial charge in [-0.25, -0.2) is 0 Å². The lowest BCUT2D eigenvalue weighted by molar-refractivity contribution is -0.142. The number of piperazine rings is 1. The van der Waals surface area contributed by atoms with E-state index in [9.17, 15) is 9.59 Å². The Morgan fingerprint density at radius 3 is 2.40 bits per heavy atom. The molecule has 20 heavy (non-hydrogen) atoms. The first-order valence-corrected chi connectivity index (χ1v) is 7.01. The van der Waals surface area contributed by atoms with Crippen molar-refractivity contribution in [2.75, 3.05) is 32.8 Å². The molecule has 0 saturated carbocycles. The standard InChI is InChI=1S/C15H18N2O3/c18-14(12-4-2-1-3-5-12)17-9-7-16(8-10-17)13-6-11-20-15(13)19/h1-5,13H,6-11H2. The SMILES string of the molecule is O=C1OCCC1N1CCN(C(=O)c2ccccc2)CC1. The summed E-state index contributed by atoms with van der Waals surface area (Å²) in [6.07, 6.45) is 0.769. The molecule has 2 heterocycles. The lowest BCUT2D eigenvalue weighted by atomic mass is 10.1. The van der Waals surface area contributed by atoms with Gasteiger partial charge in [0.05, 0.1) is 6.61 Å². The lowest BCUT2D eigenvalue weighted by Crippen LogP contribution is -2.53. The zero-order valence-electron chi connectivity index (χ0n) is 11.3. The molecule has 106 valence electrons. The smallest absolute Gasteiger partial charge is 0.323 e. The molecule has 1 unspecified atom stereocenters. The van der Waals surface area contributed by atoms with Crippen LogP contribution in [0.5, 0.6) is 0 Å². The Labute approximate surface area is 118 Å². The van der Waals surface area contributed by atoms with Crippen molar-refractivity contribution in [3.8, 4) is 0 Å². The summed E-state index contributed by atoms with van der Waals surface area (Å²) in [5.74, 6) is -0.0490. The predicted octanol–water partition coefficient (Wildman–Crippen LogP) is 0.760. The molecule has 3 rings (SSSR count). The number of cyclic esters (lactones) is 1. The van der Waals surface area contributed by atoms with Crippen LogP contribution in [0.2, 0.25) is 0 Å². The molecule has 5 heteroatoms. The minimum atomic E-state index is -0.118. The van der Waals surface area contributed by atoms with Crippen LogP contribution < -0.4 is 0 Å². The normalized spacial score (nSPS) is 23.7. The van der Waals surface area contributed by atoms with Crippen molar-refractivity contribution >= 4 is 11.9 Å². The van der Waals surface area contributed by atoms with Gasteiger partial charge in [-0.3, -0.25) is 14.5 Å². The molecular weight excluding hydrogens is 256 g/mol. The molecule has 1 amide bonds. The van der Waals surface area contributed by atoms with Gasteiger partial charge < -0.3 is 9.64 Å². The summed E-state index contributed by atoms with van der Waals surface area (Å²) >= 11 is 0. The quantitative estimate of drug-likeness (QED) is 0.747. The van der Waals surface area contributed by atoms with E-state index in [1.54, 1.807) is 0 Å². The molecule has 1 aromatic carbocycles. The Morgan fingerprint density at radius 2 is 1.80 bits per heavy atom. The van der Waals surface area contributed by atoms with Crippen molar-refractivity contribution in [3.63, 3.8) is 0 Å². The molecule has 2 saturated heterocycles. The van der Waals surface area contributed by atoms with Crippen LogP contribution in [-0.4, -0.2) is 60.5 Å². The molecule has 0 aliphatic carbocycles. The molecule has 1 atom stereocenters. The van der Waals surface area contributed by atoms with Gasteiger partial charge in [0.1, 0.15) is 6.04 Å². The summed E-state index contributed by atoms with van der Waals surface area (Å²) in [4.78, 5) is 27.9. The maximum Gasteiger partial charge on any atom is 0.323 e. The first kappa shape index (κ1) is 13.1. The van der Waals surface area contributed by atoms with Crippen LogP contribution in [0.15, 0.2) is 30.3 Å². The van der Waals surface area contributed by atoms with Crippen molar-refractivity contribution in [1.29, 1.82) is 0 Å². The van der Waals surface area contributed by atoms with E-state index in [0.717, 1.165) is 25.1 Å². The minimum Gasteiger partial charge on any atom is -0.464 e. The summed E-state index contributed by atoms with van der Waals surface area (Å²) in [7, 11) is 0. The van der Waals surface area contributed by atoms with Crippen LogP contribution in [0.1, 0.15) is 16.8 Å². The second-order valence-electron chi connectivity index (χ2n) is 5.17. The van der Waals surface area contributed by atoms with E-state index in [4.69, 9.17) is 4.74 Å². The summed E-state index contributed by atoms with van der Waals surface area (Å²) in [6, 6.07) is 9.21. The summed E-state index contributed by atoms with van der Waals surface area (Å²) in [5.41, 5.74) is 0.723. The third kappa shape index (κ3) is 2.54. The van der Waals surface area contributed by atoms with Gasteiger partial charge in [0.15, 0.2) is 0 Å². The van der Waals surface area contributed by atoms with Gasteiger partial charge in [0, 0.05) is 38.2 Å². The fraction of sp³-hybridized carbons (Fsp3) is 0.467. The fourth-order valence-electron chi connectivity index (χ4n) is 2.82.